The molecule has 17 heavy (non-hydrogen) atoms. The Hall–Kier alpha value is -0.380. The molecule has 1 aliphatic heterocycles. The molecular weight excluding hydrogens is 278 g/mol. The van der Waals surface area contributed by atoms with E-state index in [0.717, 1.165) is 30.6 Å². The van der Waals surface area contributed by atoms with E-state index in [1.54, 1.807) is 0 Å². The lowest BCUT2D eigenvalue weighted by Gasteiger charge is -2.22. The number of hydrogen-bond acceptors (Lipinski definition) is 2. The van der Waals surface area contributed by atoms with Gasteiger partial charge < -0.3 is 10.1 Å². The highest BCUT2D eigenvalue weighted by Gasteiger charge is 2.12. The summed E-state index contributed by atoms with van der Waals surface area (Å²) in [5.41, 5.74) is 1.32. The Labute approximate surface area is 112 Å². The first-order valence-corrected chi connectivity index (χ1v) is 7.20. The van der Waals surface area contributed by atoms with Crippen molar-refractivity contribution in [2.24, 2.45) is 0 Å². The second kappa shape index (κ2) is 7.14. The average molecular weight is 298 g/mol. The molecule has 2 nitrogen and oxygen atoms in total. The molecule has 94 valence electrons. The number of rotatable bonds is 5. The molecule has 0 spiro atoms. The molecule has 0 aromatic heterocycles. The van der Waals surface area contributed by atoms with Crippen molar-refractivity contribution in [2.75, 3.05) is 13.2 Å². The van der Waals surface area contributed by atoms with Crippen molar-refractivity contribution in [1.29, 1.82) is 0 Å². The van der Waals surface area contributed by atoms with Crippen molar-refractivity contribution in [3.8, 4) is 0 Å². The normalized spacial score (nSPS) is 20.4. The highest BCUT2D eigenvalue weighted by Crippen LogP contribution is 2.15. The zero-order valence-electron chi connectivity index (χ0n) is 10.1. The van der Waals surface area contributed by atoms with Crippen LogP contribution in [0.4, 0.5) is 0 Å². The van der Waals surface area contributed by atoms with E-state index in [9.17, 15) is 0 Å². The van der Waals surface area contributed by atoms with Crippen LogP contribution in [0.15, 0.2) is 28.7 Å². The minimum Gasteiger partial charge on any atom is -0.378 e. The van der Waals surface area contributed by atoms with E-state index in [1.165, 1.54) is 24.8 Å². The summed E-state index contributed by atoms with van der Waals surface area (Å²) in [4.78, 5) is 0. The maximum absolute atomic E-state index is 5.70. The van der Waals surface area contributed by atoms with Gasteiger partial charge in [-0.3, -0.25) is 0 Å². The standard InChI is InChI=1S/C14H20BrNO/c15-13-5-3-4-12(10-13)11-16-8-7-14-6-1-2-9-17-14/h3-5,10,14,16H,1-2,6-9,11H2. The van der Waals surface area contributed by atoms with Crippen molar-refractivity contribution in [3.05, 3.63) is 34.3 Å². The van der Waals surface area contributed by atoms with Crippen LogP contribution in [-0.2, 0) is 11.3 Å². The Bertz CT molecular complexity index is 337. The van der Waals surface area contributed by atoms with Gasteiger partial charge in [0.15, 0.2) is 0 Å². The van der Waals surface area contributed by atoms with Gasteiger partial charge >= 0.3 is 0 Å². The molecule has 1 atom stereocenters. The van der Waals surface area contributed by atoms with Crippen LogP contribution in [0.25, 0.3) is 0 Å². The molecule has 0 amide bonds. The summed E-state index contributed by atoms with van der Waals surface area (Å²) >= 11 is 3.49. The van der Waals surface area contributed by atoms with E-state index in [0.29, 0.717) is 6.10 Å². The summed E-state index contributed by atoms with van der Waals surface area (Å²) in [5, 5.41) is 3.48. The molecule has 2 rings (SSSR count). The molecule has 1 saturated heterocycles. The first-order valence-electron chi connectivity index (χ1n) is 6.41. The second-order valence-electron chi connectivity index (χ2n) is 4.58. The first kappa shape index (κ1) is 13.1. The lowest BCUT2D eigenvalue weighted by Crippen LogP contribution is -2.25. The smallest absolute Gasteiger partial charge is 0.0587 e. The van der Waals surface area contributed by atoms with Crippen molar-refractivity contribution in [1.82, 2.24) is 5.32 Å². The Kier molecular flexibility index (Phi) is 5.49. The summed E-state index contributed by atoms with van der Waals surface area (Å²) in [7, 11) is 0. The van der Waals surface area contributed by atoms with E-state index in [4.69, 9.17) is 4.74 Å². The SMILES string of the molecule is Brc1cccc(CNCCC2CCCCO2)c1. The molecule has 0 radical (unpaired) electrons. The Morgan fingerprint density at radius 3 is 3.06 bits per heavy atom. The molecular formula is C14H20BrNO. The van der Waals surface area contributed by atoms with Crippen LogP contribution in [0.5, 0.6) is 0 Å². The molecule has 1 aromatic carbocycles. The monoisotopic (exact) mass is 297 g/mol. The fourth-order valence-corrected chi connectivity index (χ4v) is 2.62. The van der Waals surface area contributed by atoms with E-state index in [2.05, 4.69) is 45.5 Å². The summed E-state index contributed by atoms with van der Waals surface area (Å²) in [6.45, 7) is 2.93. The van der Waals surface area contributed by atoms with Gasteiger partial charge in [-0.2, -0.15) is 0 Å². The molecule has 1 fully saturated rings. The summed E-state index contributed by atoms with van der Waals surface area (Å²) < 4.78 is 6.85. The summed E-state index contributed by atoms with van der Waals surface area (Å²) in [5.74, 6) is 0. The largest absolute Gasteiger partial charge is 0.378 e. The first-order chi connectivity index (χ1) is 8.34. The predicted octanol–water partition coefficient (Wildman–Crippen LogP) is 3.50. The van der Waals surface area contributed by atoms with Crippen LogP contribution < -0.4 is 5.32 Å². The molecule has 0 aliphatic carbocycles. The van der Waals surface area contributed by atoms with Crippen molar-refractivity contribution >= 4 is 15.9 Å². The van der Waals surface area contributed by atoms with Crippen LogP contribution in [0.1, 0.15) is 31.2 Å². The van der Waals surface area contributed by atoms with E-state index in [1.807, 2.05) is 0 Å². The minimum atomic E-state index is 0.485. The fourth-order valence-electron chi connectivity index (χ4n) is 2.18. The number of hydrogen-bond donors (Lipinski definition) is 1. The second-order valence-corrected chi connectivity index (χ2v) is 5.50. The molecule has 1 aliphatic rings. The van der Waals surface area contributed by atoms with Gasteiger partial charge in [0.05, 0.1) is 6.10 Å². The van der Waals surface area contributed by atoms with E-state index in [-0.39, 0.29) is 0 Å². The Morgan fingerprint density at radius 2 is 2.29 bits per heavy atom. The molecule has 1 aromatic rings. The van der Waals surface area contributed by atoms with Gasteiger partial charge in [0.2, 0.25) is 0 Å². The Balaban J connectivity index is 1.62. The van der Waals surface area contributed by atoms with E-state index < -0.39 is 0 Å². The van der Waals surface area contributed by atoms with Crippen LogP contribution in [0, 0.1) is 0 Å². The maximum atomic E-state index is 5.70. The third kappa shape index (κ3) is 4.78. The predicted molar refractivity (Wildman–Crippen MR) is 74.1 cm³/mol. The van der Waals surface area contributed by atoms with E-state index >= 15 is 0 Å². The number of halogens is 1. The zero-order valence-corrected chi connectivity index (χ0v) is 11.7. The molecule has 3 heteroatoms. The molecule has 1 N–H and O–H groups in total. The number of benzene rings is 1. The van der Waals surface area contributed by atoms with Gasteiger partial charge in [0, 0.05) is 17.6 Å². The van der Waals surface area contributed by atoms with Gasteiger partial charge in [-0.15, -0.1) is 0 Å². The lowest BCUT2D eigenvalue weighted by molar-refractivity contribution is 0.0115. The van der Waals surface area contributed by atoms with Gasteiger partial charge in [-0.25, -0.2) is 0 Å². The van der Waals surface area contributed by atoms with Crippen molar-refractivity contribution < 1.29 is 4.74 Å². The van der Waals surface area contributed by atoms with Crippen LogP contribution in [0.2, 0.25) is 0 Å². The van der Waals surface area contributed by atoms with Crippen molar-refractivity contribution in [2.45, 2.75) is 38.3 Å². The highest BCUT2D eigenvalue weighted by atomic mass is 79.9. The molecule has 1 heterocycles. The minimum absolute atomic E-state index is 0.485. The topological polar surface area (TPSA) is 21.3 Å². The van der Waals surface area contributed by atoms with Crippen molar-refractivity contribution in [3.63, 3.8) is 0 Å². The van der Waals surface area contributed by atoms with Gasteiger partial charge in [-0.05, 0) is 49.9 Å². The van der Waals surface area contributed by atoms with Gasteiger partial charge in [-0.1, -0.05) is 28.1 Å². The Morgan fingerprint density at radius 1 is 1.35 bits per heavy atom. The zero-order chi connectivity index (χ0) is 11.9. The molecule has 0 bridgehead atoms. The quantitative estimate of drug-likeness (QED) is 0.840. The maximum Gasteiger partial charge on any atom is 0.0587 e. The molecule has 0 saturated carbocycles. The number of nitrogens with one attached hydrogen (secondary N) is 1. The highest BCUT2D eigenvalue weighted by molar-refractivity contribution is 9.10. The third-order valence-electron chi connectivity index (χ3n) is 3.14. The van der Waals surface area contributed by atoms with Gasteiger partial charge in [0.25, 0.3) is 0 Å². The fraction of sp³-hybridized carbons (Fsp3) is 0.571. The average Bonchev–Trinajstić information content (AvgIpc) is 2.36. The van der Waals surface area contributed by atoms with Gasteiger partial charge in [0.1, 0.15) is 0 Å². The van der Waals surface area contributed by atoms with Crippen LogP contribution in [0.3, 0.4) is 0 Å². The number of ether oxygens (including phenoxy) is 1. The lowest BCUT2D eigenvalue weighted by atomic mass is 10.1. The van der Waals surface area contributed by atoms with Crippen LogP contribution in [-0.4, -0.2) is 19.3 Å². The van der Waals surface area contributed by atoms with Crippen LogP contribution >= 0.6 is 15.9 Å². The summed E-state index contributed by atoms with van der Waals surface area (Å²) in [6, 6.07) is 8.43. The summed E-state index contributed by atoms with van der Waals surface area (Å²) in [6.07, 6.45) is 5.42. The third-order valence-corrected chi connectivity index (χ3v) is 3.63. The molecule has 1 unspecified atom stereocenters.